The van der Waals surface area contributed by atoms with Crippen molar-refractivity contribution in [3.63, 3.8) is 0 Å². The molecule has 0 spiro atoms. The second-order valence-electron chi connectivity index (χ2n) is 7.47. The predicted molar refractivity (Wildman–Crippen MR) is 124 cm³/mol. The summed E-state index contributed by atoms with van der Waals surface area (Å²) in [6.45, 7) is 6.68. The van der Waals surface area contributed by atoms with Crippen LogP contribution in [0.4, 0.5) is 10.5 Å². The number of anilines is 1. The highest BCUT2D eigenvalue weighted by molar-refractivity contribution is 9.12. The van der Waals surface area contributed by atoms with Gasteiger partial charge in [0.1, 0.15) is 4.32 Å². The van der Waals surface area contributed by atoms with Gasteiger partial charge in [0.2, 0.25) is 0 Å². The first kappa shape index (κ1) is 20.4. The molecule has 2 aromatic carbocycles. The number of halogens is 2. The summed E-state index contributed by atoms with van der Waals surface area (Å²) in [4.78, 5) is 19.3. The zero-order valence-electron chi connectivity index (χ0n) is 16.6. The number of carbonyl (C=O) groups excluding carboxylic acids is 1. The maximum absolute atomic E-state index is 12.8. The Kier molecular flexibility index (Phi) is 5.42. The second-order valence-corrected chi connectivity index (χ2v) is 9.80. The molecule has 0 bridgehead atoms. The van der Waals surface area contributed by atoms with Crippen LogP contribution in [0, 0.1) is 13.8 Å². The van der Waals surface area contributed by atoms with Crippen LogP contribution in [0.15, 0.2) is 48.5 Å². The van der Waals surface area contributed by atoms with E-state index in [4.69, 9.17) is 9.72 Å². The van der Waals surface area contributed by atoms with Crippen LogP contribution in [0.1, 0.15) is 34.1 Å². The van der Waals surface area contributed by atoms with Crippen molar-refractivity contribution in [1.82, 2.24) is 4.98 Å². The summed E-state index contributed by atoms with van der Waals surface area (Å²) in [5.74, 6) is 0. The van der Waals surface area contributed by atoms with E-state index in [1.807, 2.05) is 31.2 Å². The summed E-state index contributed by atoms with van der Waals surface area (Å²) in [6.07, 6.45) is -0.350. The van der Waals surface area contributed by atoms with Gasteiger partial charge >= 0.3 is 6.09 Å². The highest BCUT2D eigenvalue weighted by atomic mass is 79.9. The van der Waals surface area contributed by atoms with Gasteiger partial charge in [-0.05, 0) is 50.6 Å². The summed E-state index contributed by atoms with van der Waals surface area (Å²) >= 11 is 7.87. The number of aryl methyl sites for hydroxylation is 2. The van der Waals surface area contributed by atoms with Gasteiger partial charge in [0.25, 0.3) is 0 Å². The van der Waals surface area contributed by atoms with Crippen LogP contribution in [0.3, 0.4) is 0 Å². The number of amides is 1. The van der Waals surface area contributed by atoms with Gasteiger partial charge in [0.15, 0.2) is 0 Å². The quantitative estimate of drug-likeness (QED) is 0.362. The first-order chi connectivity index (χ1) is 13.8. The molecule has 4 rings (SSSR count). The van der Waals surface area contributed by atoms with Gasteiger partial charge in [-0.3, -0.25) is 9.88 Å². The lowest BCUT2D eigenvalue weighted by atomic mass is 9.88. The van der Waals surface area contributed by atoms with Crippen LogP contribution >= 0.6 is 31.9 Å². The molecular weight excluding hydrogens is 496 g/mol. The summed E-state index contributed by atoms with van der Waals surface area (Å²) in [7, 11) is 0. The maximum atomic E-state index is 12.8. The molecule has 0 radical (unpaired) electrons. The molecule has 0 aliphatic carbocycles. The minimum absolute atomic E-state index is 0.0639. The molecule has 2 heterocycles. The third-order valence-electron chi connectivity index (χ3n) is 5.30. The second kappa shape index (κ2) is 7.73. The van der Waals surface area contributed by atoms with Crippen LogP contribution in [-0.2, 0) is 9.06 Å². The normalized spacial score (nSPS) is 21.1. The molecule has 29 heavy (non-hydrogen) atoms. The first-order valence-electron chi connectivity index (χ1n) is 9.59. The third kappa shape index (κ3) is 3.57. The molecule has 1 aliphatic rings. The average Bonchev–Trinajstić information content (AvgIpc) is 2.70. The predicted octanol–water partition coefficient (Wildman–Crippen LogP) is 6.55. The van der Waals surface area contributed by atoms with Gasteiger partial charge < -0.3 is 4.74 Å². The van der Waals surface area contributed by atoms with Crippen molar-refractivity contribution in [2.24, 2.45) is 0 Å². The van der Waals surface area contributed by atoms with Crippen LogP contribution in [0.5, 0.6) is 0 Å². The van der Waals surface area contributed by atoms with E-state index in [1.165, 1.54) is 5.56 Å². The Morgan fingerprint density at radius 1 is 1.17 bits per heavy atom. The molecule has 4 nitrogen and oxygen atoms in total. The summed E-state index contributed by atoms with van der Waals surface area (Å²) in [6, 6.07) is 16.5. The van der Waals surface area contributed by atoms with Crippen molar-refractivity contribution in [2.75, 3.05) is 18.1 Å². The highest BCUT2D eigenvalue weighted by Gasteiger charge is 2.47. The lowest BCUT2D eigenvalue weighted by Gasteiger charge is -2.43. The Bertz CT molecular complexity index is 1100. The van der Waals surface area contributed by atoms with Crippen molar-refractivity contribution in [2.45, 2.75) is 29.9 Å². The monoisotopic (exact) mass is 516 g/mol. The summed E-state index contributed by atoms with van der Waals surface area (Å²) in [5, 5.41) is 1.10. The van der Waals surface area contributed by atoms with Gasteiger partial charge in [-0.25, -0.2) is 4.79 Å². The van der Waals surface area contributed by atoms with E-state index >= 15 is 0 Å². The number of benzene rings is 2. The van der Waals surface area contributed by atoms with E-state index in [0.717, 1.165) is 33.4 Å². The smallest absolute Gasteiger partial charge is 0.414 e. The number of pyridine rings is 1. The van der Waals surface area contributed by atoms with Crippen LogP contribution in [0.25, 0.3) is 10.9 Å². The van der Waals surface area contributed by atoms with Crippen LogP contribution in [-0.4, -0.2) is 24.2 Å². The fraction of sp³-hybridized carbons (Fsp3) is 0.304. The molecular formula is C23H22Br2N2O2. The molecule has 150 valence electrons. The number of hydrogen-bond acceptors (Lipinski definition) is 3. The number of hydrogen-bond donors (Lipinski definition) is 0. The van der Waals surface area contributed by atoms with E-state index in [1.54, 1.807) is 4.90 Å². The number of alkyl halides is 2. The number of fused-ring (bicyclic) bond motifs is 2. The zero-order chi connectivity index (χ0) is 20.8. The molecule has 2 atom stereocenters. The molecule has 6 heteroatoms. The van der Waals surface area contributed by atoms with Crippen LogP contribution in [0.2, 0.25) is 0 Å². The number of ether oxygens (including phenoxy) is 1. The van der Waals surface area contributed by atoms with Crippen molar-refractivity contribution in [3.05, 3.63) is 70.9 Å². The SMILES string of the molecule is CCOC(=O)N1CC(Br)(c2ccc3cc(C)ccc3n2)C(Br)c2cc(C)ccc21. The number of carbonyl (C=O) groups is 1. The largest absolute Gasteiger partial charge is 0.449 e. The molecule has 1 aromatic heterocycles. The molecule has 2 unspecified atom stereocenters. The van der Waals surface area contributed by atoms with Gasteiger partial charge in [-0.15, -0.1) is 0 Å². The van der Waals surface area contributed by atoms with Crippen LogP contribution < -0.4 is 4.90 Å². The van der Waals surface area contributed by atoms with Gasteiger partial charge in [-0.1, -0.05) is 67.3 Å². The highest BCUT2D eigenvalue weighted by Crippen LogP contribution is 2.54. The lowest BCUT2D eigenvalue weighted by Crippen LogP contribution is -2.47. The van der Waals surface area contributed by atoms with Gasteiger partial charge in [0.05, 0.1) is 34.9 Å². The van der Waals surface area contributed by atoms with Crippen molar-refractivity contribution >= 4 is 54.5 Å². The first-order valence-corrected chi connectivity index (χ1v) is 11.3. The third-order valence-corrected chi connectivity index (χ3v) is 8.30. The Morgan fingerprint density at radius 2 is 1.90 bits per heavy atom. The van der Waals surface area contributed by atoms with E-state index in [2.05, 4.69) is 70.0 Å². The van der Waals surface area contributed by atoms with E-state index in [-0.39, 0.29) is 10.9 Å². The fourth-order valence-electron chi connectivity index (χ4n) is 3.82. The lowest BCUT2D eigenvalue weighted by molar-refractivity contribution is 0.158. The molecule has 0 saturated heterocycles. The minimum Gasteiger partial charge on any atom is -0.449 e. The Balaban J connectivity index is 1.86. The zero-order valence-corrected chi connectivity index (χ0v) is 19.7. The van der Waals surface area contributed by atoms with Crippen molar-refractivity contribution in [3.8, 4) is 0 Å². The molecule has 0 N–H and O–H groups in total. The van der Waals surface area contributed by atoms with Crippen molar-refractivity contribution in [1.29, 1.82) is 0 Å². The Morgan fingerprint density at radius 3 is 2.66 bits per heavy atom. The Hall–Kier alpha value is -1.92. The topological polar surface area (TPSA) is 42.4 Å². The summed E-state index contributed by atoms with van der Waals surface area (Å²) in [5.41, 5.74) is 6.04. The van der Waals surface area contributed by atoms with E-state index in [0.29, 0.717) is 13.2 Å². The molecule has 1 amide bonds. The molecule has 0 fully saturated rings. The maximum Gasteiger partial charge on any atom is 0.414 e. The van der Waals surface area contributed by atoms with E-state index < -0.39 is 4.32 Å². The van der Waals surface area contributed by atoms with Crippen molar-refractivity contribution < 1.29 is 9.53 Å². The average molecular weight is 518 g/mol. The summed E-state index contributed by atoms with van der Waals surface area (Å²) < 4.78 is 4.75. The van der Waals surface area contributed by atoms with Gasteiger partial charge in [0, 0.05) is 5.39 Å². The molecule has 1 aliphatic heterocycles. The number of nitrogens with zero attached hydrogens (tertiary/aromatic N) is 2. The number of aromatic nitrogens is 1. The minimum atomic E-state index is -0.598. The Labute approximate surface area is 187 Å². The molecule has 0 saturated carbocycles. The molecule has 3 aromatic rings. The van der Waals surface area contributed by atoms with Gasteiger partial charge in [-0.2, -0.15) is 0 Å². The fourth-order valence-corrected chi connectivity index (χ4v) is 5.28. The number of rotatable bonds is 2. The standard InChI is InChI=1S/C23H22Br2N2O2/c1-4-29-22(28)27-13-23(25,21(24)17-12-15(3)6-9-19(17)27)20-10-7-16-11-14(2)5-8-18(16)26-20/h5-12,21H,4,13H2,1-3H3. The van der Waals surface area contributed by atoms with E-state index in [9.17, 15) is 4.79 Å².